The summed E-state index contributed by atoms with van der Waals surface area (Å²) < 4.78 is 14.0. The smallest absolute Gasteiger partial charge is 0.227 e. The number of halogens is 2. The lowest BCUT2D eigenvalue weighted by Crippen LogP contribution is -2.25. The lowest BCUT2D eigenvalue weighted by atomic mass is 10.2. The Morgan fingerprint density at radius 2 is 2.19 bits per heavy atom. The van der Waals surface area contributed by atoms with Crippen LogP contribution in [-0.2, 0) is 9.59 Å². The van der Waals surface area contributed by atoms with Gasteiger partial charge in [-0.2, -0.15) is 0 Å². The molecule has 2 rings (SSSR count). The van der Waals surface area contributed by atoms with Gasteiger partial charge in [0, 0.05) is 31.6 Å². The van der Waals surface area contributed by atoms with Gasteiger partial charge in [0.25, 0.3) is 0 Å². The molecule has 0 saturated carbocycles. The molecule has 2 N–H and O–H groups in total. The summed E-state index contributed by atoms with van der Waals surface area (Å²) in [5.41, 5.74) is 0.680. The molecule has 21 heavy (non-hydrogen) atoms. The molecular weight excluding hydrogens is 297 g/mol. The predicted molar refractivity (Wildman–Crippen MR) is 82.4 cm³/mol. The first kappa shape index (κ1) is 17.4. The van der Waals surface area contributed by atoms with Crippen molar-refractivity contribution < 1.29 is 14.0 Å². The highest BCUT2D eigenvalue weighted by atomic mass is 35.5. The van der Waals surface area contributed by atoms with E-state index in [1.54, 1.807) is 13.1 Å². The molecule has 5 nitrogen and oxygen atoms in total. The van der Waals surface area contributed by atoms with Crippen LogP contribution in [0.25, 0.3) is 0 Å². The van der Waals surface area contributed by atoms with Crippen molar-refractivity contribution in [1.29, 1.82) is 0 Å². The van der Waals surface area contributed by atoms with E-state index in [0.717, 1.165) is 6.42 Å². The molecule has 1 fully saturated rings. The number of hydrogen-bond donors (Lipinski definition) is 2. The Kier molecular flexibility index (Phi) is 6.58. The van der Waals surface area contributed by atoms with E-state index in [4.69, 9.17) is 0 Å². The maximum absolute atomic E-state index is 14.0. The average Bonchev–Trinajstić information content (AvgIpc) is 2.83. The van der Waals surface area contributed by atoms with Crippen LogP contribution in [0.1, 0.15) is 19.3 Å². The number of anilines is 2. The van der Waals surface area contributed by atoms with E-state index in [1.165, 1.54) is 17.0 Å². The highest BCUT2D eigenvalue weighted by molar-refractivity contribution is 5.96. The first-order chi connectivity index (χ1) is 9.61. The summed E-state index contributed by atoms with van der Waals surface area (Å²) in [6.45, 7) is 1.11. The van der Waals surface area contributed by atoms with Crippen molar-refractivity contribution >= 4 is 35.6 Å². The molecule has 0 aromatic heterocycles. The third-order valence-electron chi connectivity index (χ3n) is 3.20. The third-order valence-corrected chi connectivity index (χ3v) is 3.20. The fraction of sp³-hybridized carbons (Fsp3) is 0.429. The van der Waals surface area contributed by atoms with Crippen LogP contribution in [0.3, 0.4) is 0 Å². The van der Waals surface area contributed by atoms with Crippen molar-refractivity contribution in [1.82, 2.24) is 5.32 Å². The molecule has 2 amide bonds. The Bertz CT molecular complexity index is 525. The van der Waals surface area contributed by atoms with Crippen molar-refractivity contribution in [2.45, 2.75) is 19.3 Å². The number of nitrogens with zero attached hydrogens (tertiary/aromatic N) is 1. The standard InChI is InChI=1S/C14H18FN3O2.ClH/c1-16-7-6-13(19)17-10-4-5-12(11(15)9-10)18-8-2-3-14(18)20;/h4-5,9,16H,2-3,6-8H2,1H3,(H,17,19);1H. The number of carbonyl (C=O) groups excluding carboxylic acids is 2. The van der Waals surface area contributed by atoms with Crippen LogP contribution in [-0.4, -0.2) is 32.0 Å². The van der Waals surface area contributed by atoms with E-state index in [2.05, 4.69) is 10.6 Å². The molecule has 0 atom stereocenters. The van der Waals surface area contributed by atoms with Gasteiger partial charge in [0.1, 0.15) is 5.82 Å². The van der Waals surface area contributed by atoms with Gasteiger partial charge >= 0.3 is 0 Å². The molecule has 116 valence electrons. The number of benzene rings is 1. The van der Waals surface area contributed by atoms with Gasteiger partial charge in [0.05, 0.1) is 5.69 Å². The average molecular weight is 316 g/mol. The predicted octanol–water partition coefficient (Wildman–Crippen LogP) is 1.92. The Labute approximate surface area is 129 Å². The molecule has 1 aliphatic heterocycles. The van der Waals surface area contributed by atoms with Crippen LogP contribution < -0.4 is 15.5 Å². The highest BCUT2D eigenvalue weighted by Gasteiger charge is 2.24. The zero-order valence-electron chi connectivity index (χ0n) is 11.8. The number of rotatable bonds is 5. The van der Waals surface area contributed by atoms with E-state index in [0.29, 0.717) is 31.6 Å². The number of hydrogen-bond acceptors (Lipinski definition) is 3. The maximum Gasteiger partial charge on any atom is 0.227 e. The molecule has 1 aliphatic rings. The molecule has 0 spiro atoms. The number of nitrogens with one attached hydrogen (secondary N) is 2. The van der Waals surface area contributed by atoms with Gasteiger partial charge in [-0.05, 0) is 31.7 Å². The maximum atomic E-state index is 14.0. The zero-order chi connectivity index (χ0) is 14.5. The Balaban J connectivity index is 0.00000220. The molecule has 0 unspecified atom stereocenters. The fourth-order valence-corrected chi connectivity index (χ4v) is 2.17. The lowest BCUT2D eigenvalue weighted by molar-refractivity contribution is -0.117. The van der Waals surface area contributed by atoms with Crippen molar-refractivity contribution in [3.63, 3.8) is 0 Å². The number of amides is 2. The monoisotopic (exact) mass is 315 g/mol. The van der Waals surface area contributed by atoms with Crippen LogP contribution in [0, 0.1) is 5.82 Å². The van der Waals surface area contributed by atoms with Crippen LogP contribution in [0.15, 0.2) is 18.2 Å². The molecule has 1 aromatic carbocycles. The van der Waals surface area contributed by atoms with Crippen molar-refractivity contribution in [3.05, 3.63) is 24.0 Å². The summed E-state index contributed by atoms with van der Waals surface area (Å²) in [5, 5.41) is 5.49. The minimum atomic E-state index is -0.494. The van der Waals surface area contributed by atoms with E-state index in [9.17, 15) is 14.0 Å². The molecule has 0 bridgehead atoms. The zero-order valence-corrected chi connectivity index (χ0v) is 12.6. The van der Waals surface area contributed by atoms with E-state index >= 15 is 0 Å². The molecule has 0 aliphatic carbocycles. The van der Waals surface area contributed by atoms with E-state index < -0.39 is 5.82 Å². The highest BCUT2D eigenvalue weighted by Crippen LogP contribution is 2.26. The van der Waals surface area contributed by atoms with Crippen molar-refractivity contribution in [3.8, 4) is 0 Å². The van der Waals surface area contributed by atoms with Gasteiger partial charge in [-0.25, -0.2) is 4.39 Å². The van der Waals surface area contributed by atoms with Gasteiger partial charge < -0.3 is 15.5 Å². The summed E-state index contributed by atoms with van der Waals surface area (Å²) in [6.07, 6.45) is 1.53. The Hall–Kier alpha value is -1.66. The quantitative estimate of drug-likeness (QED) is 0.872. The first-order valence-electron chi connectivity index (χ1n) is 6.66. The Morgan fingerprint density at radius 3 is 2.76 bits per heavy atom. The normalized spacial score (nSPS) is 14.0. The minimum Gasteiger partial charge on any atom is -0.326 e. The van der Waals surface area contributed by atoms with Crippen molar-refractivity contribution in [2.24, 2.45) is 0 Å². The summed E-state index contributed by atoms with van der Waals surface area (Å²) in [6, 6.07) is 4.39. The van der Waals surface area contributed by atoms with E-state index in [-0.39, 0.29) is 29.9 Å². The second kappa shape index (κ2) is 7.95. The molecule has 0 radical (unpaired) electrons. The molecule has 1 aromatic rings. The van der Waals surface area contributed by atoms with Gasteiger partial charge in [-0.15, -0.1) is 12.4 Å². The molecular formula is C14H19ClFN3O2. The summed E-state index contributed by atoms with van der Waals surface area (Å²) in [4.78, 5) is 24.6. The van der Waals surface area contributed by atoms with Crippen LogP contribution >= 0.6 is 12.4 Å². The topological polar surface area (TPSA) is 61.4 Å². The second-order valence-electron chi connectivity index (χ2n) is 4.72. The van der Waals surface area contributed by atoms with Crippen LogP contribution in [0.2, 0.25) is 0 Å². The Morgan fingerprint density at radius 1 is 1.43 bits per heavy atom. The summed E-state index contributed by atoms with van der Waals surface area (Å²) in [7, 11) is 1.76. The van der Waals surface area contributed by atoms with Crippen LogP contribution in [0.4, 0.5) is 15.8 Å². The molecule has 1 saturated heterocycles. The summed E-state index contributed by atoms with van der Waals surface area (Å²) in [5.74, 6) is -0.731. The van der Waals surface area contributed by atoms with Crippen LogP contribution in [0.5, 0.6) is 0 Å². The fourth-order valence-electron chi connectivity index (χ4n) is 2.17. The van der Waals surface area contributed by atoms with Gasteiger partial charge in [-0.3, -0.25) is 9.59 Å². The summed E-state index contributed by atoms with van der Waals surface area (Å²) >= 11 is 0. The largest absolute Gasteiger partial charge is 0.326 e. The third kappa shape index (κ3) is 4.41. The number of carbonyl (C=O) groups is 2. The van der Waals surface area contributed by atoms with E-state index in [1.807, 2.05) is 0 Å². The van der Waals surface area contributed by atoms with Gasteiger partial charge in [0.2, 0.25) is 11.8 Å². The molecule has 7 heteroatoms. The SMILES string of the molecule is CNCCC(=O)Nc1ccc(N2CCCC2=O)c(F)c1.Cl. The molecule has 1 heterocycles. The van der Waals surface area contributed by atoms with Gasteiger partial charge in [0.15, 0.2) is 0 Å². The van der Waals surface area contributed by atoms with Crippen molar-refractivity contribution in [2.75, 3.05) is 30.4 Å². The minimum absolute atomic E-state index is 0. The second-order valence-corrected chi connectivity index (χ2v) is 4.72. The lowest BCUT2D eigenvalue weighted by Gasteiger charge is -2.17. The van der Waals surface area contributed by atoms with Gasteiger partial charge in [-0.1, -0.05) is 0 Å². The first-order valence-corrected chi connectivity index (χ1v) is 6.66.